The molecule has 3 nitrogen and oxygen atoms in total. The highest BCUT2D eigenvalue weighted by Crippen LogP contribution is 2.20. The molecule has 1 aromatic rings. The van der Waals surface area contributed by atoms with Crippen LogP contribution in [0.2, 0.25) is 0 Å². The van der Waals surface area contributed by atoms with Crippen LogP contribution in [-0.4, -0.2) is 17.6 Å². The van der Waals surface area contributed by atoms with Crippen LogP contribution >= 0.6 is 0 Å². The maximum atomic E-state index is 13.4. The smallest absolute Gasteiger partial charge is 0.254 e. The van der Waals surface area contributed by atoms with Crippen LogP contribution in [0.3, 0.4) is 0 Å². The molecular weight excluding hydrogens is 209 g/mol. The van der Waals surface area contributed by atoms with Crippen molar-refractivity contribution < 1.29 is 14.3 Å². The fraction of sp³-hybridized carbons (Fsp3) is 0.417. The number of hydrogen-bond acceptors (Lipinski definition) is 2. The molecule has 0 saturated heterocycles. The molecule has 1 aromatic carbocycles. The van der Waals surface area contributed by atoms with Gasteiger partial charge in [-0.25, -0.2) is 4.39 Å². The second-order valence-electron chi connectivity index (χ2n) is 3.73. The topological polar surface area (TPSA) is 49.3 Å². The van der Waals surface area contributed by atoms with E-state index in [9.17, 15) is 14.3 Å². The van der Waals surface area contributed by atoms with Crippen molar-refractivity contribution in [3.05, 3.63) is 29.1 Å². The molecule has 0 bridgehead atoms. The van der Waals surface area contributed by atoms with Crippen molar-refractivity contribution in [2.45, 2.75) is 26.7 Å². The van der Waals surface area contributed by atoms with Crippen molar-refractivity contribution in [1.82, 2.24) is 5.32 Å². The van der Waals surface area contributed by atoms with E-state index in [1.54, 1.807) is 6.92 Å². The maximum Gasteiger partial charge on any atom is 0.254 e. The van der Waals surface area contributed by atoms with Crippen molar-refractivity contribution >= 4 is 5.91 Å². The van der Waals surface area contributed by atoms with Gasteiger partial charge in [-0.3, -0.25) is 4.79 Å². The number of unbranched alkanes of at least 4 members (excludes halogenated alkanes) is 1. The van der Waals surface area contributed by atoms with E-state index in [2.05, 4.69) is 5.32 Å². The van der Waals surface area contributed by atoms with Gasteiger partial charge in [-0.2, -0.15) is 0 Å². The molecule has 88 valence electrons. The Balaban J connectivity index is 2.79. The van der Waals surface area contributed by atoms with Gasteiger partial charge < -0.3 is 10.4 Å². The van der Waals surface area contributed by atoms with Crippen molar-refractivity contribution in [3.63, 3.8) is 0 Å². The molecule has 2 N–H and O–H groups in total. The van der Waals surface area contributed by atoms with E-state index in [1.165, 1.54) is 0 Å². The summed E-state index contributed by atoms with van der Waals surface area (Å²) in [5.41, 5.74) is 0.307. The minimum Gasteiger partial charge on any atom is -0.508 e. The Kier molecular flexibility index (Phi) is 4.28. The molecular formula is C12H16FNO2. The van der Waals surface area contributed by atoms with Crippen LogP contribution in [0.25, 0.3) is 0 Å². The highest BCUT2D eigenvalue weighted by Gasteiger charge is 2.13. The quantitative estimate of drug-likeness (QED) is 0.773. The zero-order chi connectivity index (χ0) is 12.1. The lowest BCUT2D eigenvalue weighted by atomic mass is 10.1. The largest absolute Gasteiger partial charge is 0.508 e. The van der Waals surface area contributed by atoms with Crippen LogP contribution in [0.5, 0.6) is 5.75 Å². The molecule has 0 aliphatic carbocycles. The first kappa shape index (κ1) is 12.5. The Morgan fingerprint density at radius 2 is 2.19 bits per heavy atom. The number of aromatic hydroxyl groups is 1. The number of phenols is 1. The molecule has 0 radical (unpaired) electrons. The molecule has 0 spiro atoms. The zero-order valence-corrected chi connectivity index (χ0v) is 9.51. The van der Waals surface area contributed by atoms with E-state index in [0.29, 0.717) is 12.1 Å². The van der Waals surface area contributed by atoms with Crippen LogP contribution in [-0.2, 0) is 0 Å². The summed E-state index contributed by atoms with van der Waals surface area (Å²) in [4.78, 5) is 11.5. The summed E-state index contributed by atoms with van der Waals surface area (Å²) < 4.78 is 13.4. The molecule has 1 rings (SSSR count). The van der Waals surface area contributed by atoms with Crippen molar-refractivity contribution in [2.75, 3.05) is 6.54 Å². The summed E-state index contributed by atoms with van der Waals surface area (Å²) >= 11 is 0. The van der Waals surface area contributed by atoms with Gasteiger partial charge in [0.1, 0.15) is 11.6 Å². The summed E-state index contributed by atoms with van der Waals surface area (Å²) in [5.74, 6) is -1.16. The molecule has 0 aliphatic heterocycles. The number of nitrogens with one attached hydrogen (secondary N) is 1. The first-order chi connectivity index (χ1) is 7.56. The van der Waals surface area contributed by atoms with Gasteiger partial charge >= 0.3 is 0 Å². The number of halogens is 1. The van der Waals surface area contributed by atoms with Gasteiger partial charge in [0.25, 0.3) is 5.91 Å². The zero-order valence-electron chi connectivity index (χ0n) is 9.51. The second-order valence-corrected chi connectivity index (χ2v) is 3.73. The Labute approximate surface area is 94.3 Å². The summed E-state index contributed by atoms with van der Waals surface area (Å²) in [6, 6.07) is 2.32. The minimum atomic E-state index is -0.607. The lowest BCUT2D eigenvalue weighted by Crippen LogP contribution is -2.25. The van der Waals surface area contributed by atoms with E-state index in [0.717, 1.165) is 25.0 Å². The molecule has 0 aromatic heterocycles. The Hall–Kier alpha value is -1.58. The van der Waals surface area contributed by atoms with E-state index in [-0.39, 0.29) is 11.3 Å². The fourth-order valence-electron chi connectivity index (χ4n) is 1.31. The van der Waals surface area contributed by atoms with Gasteiger partial charge in [-0.05, 0) is 31.0 Å². The number of rotatable bonds is 4. The van der Waals surface area contributed by atoms with Crippen LogP contribution < -0.4 is 5.32 Å². The van der Waals surface area contributed by atoms with E-state index >= 15 is 0 Å². The summed E-state index contributed by atoms with van der Waals surface area (Å²) in [7, 11) is 0. The van der Waals surface area contributed by atoms with Crippen molar-refractivity contribution in [1.29, 1.82) is 0 Å². The summed E-state index contributed by atoms with van der Waals surface area (Å²) in [5, 5.41) is 12.0. The highest BCUT2D eigenvalue weighted by molar-refractivity contribution is 5.94. The number of amides is 1. The van der Waals surface area contributed by atoms with Crippen molar-refractivity contribution in [3.8, 4) is 5.75 Å². The molecule has 4 heteroatoms. The number of carbonyl (C=O) groups is 1. The number of hydrogen-bond donors (Lipinski definition) is 2. The molecule has 0 fully saturated rings. The standard InChI is InChI=1S/C12H16FNO2/c1-3-4-5-14-12(16)9-7-11(15)8(2)6-10(9)13/h6-7,15H,3-5H2,1-2H3,(H,14,16). The van der Waals surface area contributed by atoms with E-state index in [1.807, 2.05) is 6.92 Å². The van der Waals surface area contributed by atoms with Crippen molar-refractivity contribution in [2.24, 2.45) is 0 Å². The number of benzene rings is 1. The van der Waals surface area contributed by atoms with Crippen LogP contribution in [0.15, 0.2) is 12.1 Å². The van der Waals surface area contributed by atoms with Gasteiger partial charge in [0, 0.05) is 6.54 Å². The van der Waals surface area contributed by atoms with E-state index < -0.39 is 11.7 Å². The fourth-order valence-corrected chi connectivity index (χ4v) is 1.31. The molecule has 0 atom stereocenters. The predicted molar refractivity (Wildman–Crippen MR) is 60.0 cm³/mol. The van der Waals surface area contributed by atoms with Gasteiger partial charge in [-0.1, -0.05) is 13.3 Å². The van der Waals surface area contributed by atoms with Crippen LogP contribution in [0.1, 0.15) is 35.7 Å². The third kappa shape index (κ3) is 2.95. The van der Waals surface area contributed by atoms with Gasteiger partial charge in [0.05, 0.1) is 5.56 Å². The maximum absolute atomic E-state index is 13.4. The minimum absolute atomic E-state index is 0.0676. The van der Waals surface area contributed by atoms with Gasteiger partial charge in [-0.15, -0.1) is 0 Å². The van der Waals surface area contributed by atoms with Crippen LogP contribution in [0.4, 0.5) is 4.39 Å². The number of aryl methyl sites for hydroxylation is 1. The predicted octanol–water partition coefficient (Wildman–Crippen LogP) is 2.37. The lowest BCUT2D eigenvalue weighted by Gasteiger charge is -2.07. The monoisotopic (exact) mass is 225 g/mol. The Morgan fingerprint density at radius 3 is 2.81 bits per heavy atom. The SMILES string of the molecule is CCCCNC(=O)c1cc(O)c(C)cc1F. The first-order valence-corrected chi connectivity index (χ1v) is 5.33. The summed E-state index contributed by atoms with van der Waals surface area (Å²) in [6.07, 6.45) is 1.81. The Morgan fingerprint density at radius 1 is 1.50 bits per heavy atom. The molecule has 0 unspecified atom stereocenters. The Bertz CT molecular complexity index is 391. The summed E-state index contributed by atoms with van der Waals surface area (Å²) in [6.45, 7) is 4.10. The average Bonchev–Trinajstić information content (AvgIpc) is 2.23. The lowest BCUT2D eigenvalue weighted by molar-refractivity contribution is 0.0948. The third-order valence-electron chi connectivity index (χ3n) is 2.35. The molecule has 16 heavy (non-hydrogen) atoms. The third-order valence-corrected chi connectivity index (χ3v) is 2.35. The van der Waals surface area contributed by atoms with Gasteiger partial charge in [0.2, 0.25) is 0 Å². The second kappa shape index (κ2) is 5.49. The molecule has 0 heterocycles. The number of carbonyl (C=O) groups excluding carboxylic acids is 1. The normalized spacial score (nSPS) is 10.2. The van der Waals surface area contributed by atoms with Crippen LogP contribution in [0, 0.1) is 12.7 Å². The van der Waals surface area contributed by atoms with Gasteiger partial charge in [0.15, 0.2) is 0 Å². The molecule has 0 aliphatic rings. The molecule has 1 amide bonds. The van der Waals surface area contributed by atoms with E-state index in [4.69, 9.17) is 0 Å². The average molecular weight is 225 g/mol. The highest BCUT2D eigenvalue weighted by atomic mass is 19.1. The number of phenolic OH excluding ortho intramolecular Hbond substituents is 1. The molecule has 0 saturated carbocycles. The first-order valence-electron chi connectivity index (χ1n) is 5.33.